The Labute approximate surface area is 108 Å². The monoisotopic (exact) mass is 255 g/mol. The van der Waals surface area contributed by atoms with Gasteiger partial charge >= 0.3 is 0 Å². The highest BCUT2D eigenvalue weighted by molar-refractivity contribution is 5.31. The largest absolute Gasteiger partial charge is 0.491 e. The van der Waals surface area contributed by atoms with Gasteiger partial charge in [0, 0.05) is 18.6 Å². The van der Waals surface area contributed by atoms with Crippen molar-refractivity contribution in [3.63, 3.8) is 0 Å². The molecule has 0 bridgehead atoms. The van der Waals surface area contributed by atoms with Crippen molar-refractivity contribution in [2.24, 2.45) is 5.92 Å². The van der Waals surface area contributed by atoms with Gasteiger partial charge in [-0.3, -0.25) is 0 Å². The molecule has 2 N–H and O–H groups in total. The van der Waals surface area contributed by atoms with Crippen molar-refractivity contribution >= 4 is 0 Å². The van der Waals surface area contributed by atoms with Crippen molar-refractivity contribution in [1.29, 1.82) is 0 Å². The molecule has 0 saturated carbocycles. The van der Waals surface area contributed by atoms with Crippen LogP contribution in [0, 0.1) is 11.7 Å². The Hall–Kier alpha value is -1.13. The zero-order valence-electron chi connectivity index (χ0n) is 11.2. The summed E-state index contributed by atoms with van der Waals surface area (Å²) in [5.74, 6) is -0.0112. The predicted octanol–water partition coefficient (Wildman–Crippen LogP) is 2.50. The number of aliphatic hydroxyl groups excluding tert-OH is 1. The number of nitrogens with one attached hydrogen (secondary N) is 1. The lowest BCUT2D eigenvalue weighted by Crippen LogP contribution is -2.27. The summed E-state index contributed by atoms with van der Waals surface area (Å²) in [5, 5.41) is 12.5. The average molecular weight is 255 g/mol. The van der Waals surface area contributed by atoms with Crippen LogP contribution in [0.15, 0.2) is 18.2 Å². The zero-order chi connectivity index (χ0) is 13.5. The molecule has 0 amide bonds. The van der Waals surface area contributed by atoms with Crippen molar-refractivity contribution in [3.8, 4) is 5.75 Å². The summed E-state index contributed by atoms with van der Waals surface area (Å²) in [4.78, 5) is 0. The third-order valence-electron chi connectivity index (χ3n) is 3.16. The lowest BCUT2D eigenvalue weighted by atomic mass is 9.91. The fourth-order valence-electron chi connectivity index (χ4n) is 2.13. The van der Waals surface area contributed by atoms with Gasteiger partial charge in [-0.05, 0) is 38.1 Å². The van der Waals surface area contributed by atoms with E-state index >= 15 is 0 Å². The van der Waals surface area contributed by atoms with Crippen molar-refractivity contribution in [2.45, 2.75) is 26.3 Å². The van der Waals surface area contributed by atoms with E-state index in [0.717, 1.165) is 12.0 Å². The number of halogens is 1. The summed E-state index contributed by atoms with van der Waals surface area (Å²) in [5.41, 5.74) is 0.833. The molecule has 0 saturated heterocycles. The fourth-order valence-corrected chi connectivity index (χ4v) is 2.13. The number of rotatable bonds is 7. The van der Waals surface area contributed by atoms with Crippen LogP contribution in [0.2, 0.25) is 0 Å². The molecule has 4 heteroatoms. The molecule has 102 valence electrons. The van der Waals surface area contributed by atoms with E-state index in [2.05, 4.69) is 5.32 Å². The number of ether oxygens (including phenoxy) is 1. The van der Waals surface area contributed by atoms with E-state index in [0.29, 0.717) is 6.61 Å². The smallest absolute Gasteiger partial charge is 0.165 e. The summed E-state index contributed by atoms with van der Waals surface area (Å²) in [7, 11) is 1.82. The highest BCUT2D eigenvalue weighted by Crippen LogP contribution is 2.27. The Balaban J connectivity index is 2.96. The highest BCUT2D eigenvalue weighted by Gasteiger charge is 2.20. The molecule has 0 heterocycles. The molecule has 0 aliphatic heterocycles. The van der Waals surface area contributed by atoms with Gasteiger partial charge in [-0.2, -0.15) is 0 Å². The quantitative estimate of drug-likeness (QED) is 0.786. The molecule has 1 rings (SSSR count). The number of hydrogen-bond acceptors (Lipinski definition) is 3. The molecule has 0 aliphatic carbocycles. The first-order valence-electron chi connectivity index (χ1n) is 6.38. The number of benzene rings is 1. The molecule has 1 aromatic rings. The molecule has 0 fully saturated rings. The van der Waals surface area contributed by atoms with Gasteiger partial charge < -0.3 is 15.2 Å². The minimum atomic E-state index is -0.359. The van der Waals surface area contributed by atoms with Gasteiger partial charge in [-0.1, -0.05) is 13.0 Å². The Kier molecular flexibility index (Phi) is 6.09. The topological polar surface area (TPSA) is 41.5 Å². The Morgan fingerprint density at radius 2 is 2.11 bits per heavy atom. The normalized spacial score (nSPS) is 14.3. The van der Waals surface area contributed by atoms with E-state index in [1.165, 1.54) is 6.07 Å². The van der Waals surface area contributed by atoms with Gasteiger partial charge in [0.25, 0.3) is 0 Å². The average Bonchev–Trinajstić information content (AvgIpc) is 2.38. The van der Waals surface area contributed by atoms with E-state index in [1.807, 2.05) is 27.0 Å². The summed E-state index contributed by atoms with van der Waals surface area (Å²) in [6.45, 7) is 4.36. The van der Waals surface area contributed by atoms with Crippen LogP contribution in [0.25, 0.3) is 0 Å². The van der Waals surface area contributed by atoms with E-state index in [-0.39, 0.29) is 30.1 Å². The molecule has 0 aromatic heterocycles. The second-order valence-electron chi connectivity index (χ2n) is 4.24. The molecular formula is C14H22FNO2. The maximum Gasteiger partial charge on any atom is 0.165 e. The third kappa shape index (κ3) is 3.43. The maximum absolute atomic E-state index is 13.8. The highest BCUT2D eigenvalue weighted by atomic mass is 19.1. The number of aliphatic hydroxyl groups is 1. The summed E-state index contributed by atoms with van der Waals surface area (Å²) in [6, 6.07) is 4.91. The van der Waals surface area contributed by atoms with Gasteiger partial charge in [0.15, 0.2) is 11.6 Å². The SMILES string of the molecule is CCOc1ccc(C(NC)C(CC)CO)cc1F. The molecule has 3 nitrogen and oxygen atoms in total. The minimum Gasteiger partial charge on any atom is -0.491 e. The molecule has 0 aliphatic rings. The van der Waals surface area contributed by atoms with Crippen molar-refractivity contribution in [2.75, 3.05) is 20.3 Å². The first kappa shape index (κ1) is 14.9. The third-order valence-corrected chi connectivity index (χ3v) is 3.16. The van der Waals surface area contributed by atoms with Gasteiger partial charge in [0.2, 0.25) is 0 Å². The standard InChI is InChI=1S/C14H22FNO2/c1-4-10(9-17)14(16-3)11-6-7-13(18-5-2)12(15)8-11/h6-8,10,14,16-17H,4-5,9H2,1-3H3. The molecular weight excluding hydrogens is 233 g/mol. The number of hydrogen-bond donors (Lipinski definition) is 2. The molecule has 2 atom stereocenters. The molecule has 1 aromatic carbocycles. The van der Waals surface area contributed by atoms with E-state index in [9.17, 15) is 9.50 Å². The van der Waals surface area contributed by atoms with Crippen LogP contribution < -0.4 is 10.1 Å². The van der Waals surface area contributed by atoms with Gasteiger partial charge in [-0.25, -0.2) is 4.39 Å². The van der Waals surface area contributed by atoms with Crippen molar-refractivity contribution in [3.05, 3.63) is 29.6 Å². The maximum atomic E-state index is 13.8. The van der Waals surface area contributed by atoms with Crippen LogP contribution in [-0.4, -0.2) is 25.4 Å². The van der Waals surface area contributed by atoms with Crippen LogP contribution in [0.1, 0.15) is 31.9 Å². The Bertz CT molecular complexity index is 367. The van der Waals surface area contributed by atoms with Crippen molar-refractivity contribution in [1.82, 2.24) is 5.32 Å². The van der Waals surface area contributed by atoms with E-state index < -0.39 is 0 Å². The molecule has 0 radical (unpaired) electrons. The van der Waals surface area contributed by atoms with Crippen LogP contribution in [0.4, 0.5) is 4.39 Å². The summed E-state index contributed by atoms with van der Waals surface area (Å²) in [6.07, 6.45) is 0.830. The van der Waals surface area contributed by atoms with Gasteiger partial charge in [-0.15, -0.1) is 0 Å². The Morgan fingerprint density at radius 1 is 1.39 bits per heavy atom. The van der Waals surface area contributed by atoms with Crippen molar-refractivity contribution < 1.29 is 14.2 Å². The van der Waals surface area contributed by atoms with E-state index in [1.54, 1.807) is 6.07 Å². The minimum absolute atomic E-state index is 0.0508. The first-order valence-corrected chi connectivity index (χ1v) is 6.38. The lowest BCUT2D eigenvalue weighted by Gasteiger charge is -2.25. The second kappa shape index (κ2) is 7.34. The van der Waals surface area contributed by atoms with Crippen LogP contribution >= 0.6 is 0 Å². The second-order valence-corrected chi connectivity index (χ2v) is 4.24. The van der Waals surface area contributed by atoms with Crippen LogP contribution in [0.3, 0.4) is 0 Å². The predicted molar refractivity (Wildman–Crippen MR) is 70.2 cm³/mol. The first-order chi connectivity index (χ1) is 8.67. The summed E-state index contributed by atoms with van der Waals surface area (Å²) < 4.78 is 19.0. The van der Waals surface area contributed by atoms with Gasteiger partial charge in [0.1, 0.15) is 0 Å². The zero-order valence-corrected chi connectivity index (χ0v) is 11.2. The van der Waals surface area contributed by atoms with Crippen LogP contribution in [0.5, 0.6) is 5.75 Å². The van der Waals surface area contributed by atoms with Crippen LogP contribution in [-0.2, 0) is 0 Å². The fraction of sp³-hybridized carbons (Fsp3) is 0.571. The Morgan fingerprint density at radius 3 is 2.56 bits per heavy atom. The van der Waals surface area contributed by atoms with E-state index in [4.69, 9.17) is 4.74 Å². The molecule has 18 heavy (non-hydrogen) atoms. The molecule has 2 unspecified atom stereocenters. The van der Waals surface area contributed by atoms with Gasteiger partial charge in [0.05, 0.1) is 6.61 Å². The molecule has 0 spiro atoms. The lowest BCUT2D eigenvalue weighted by molar-refractivity contribution is 0.189. The summed E-state index contributed by atoms with van der Waals surface area (Å²) >= 11 is 0.